The monoisotopic (exact) mass is 1740 g/mol. The zero-order valence-corrected chi connectivity index (χ0v) is 74.1. The molecule has 0 radical (unpaired) electrons. The molecule has 14 rings (SSSR count). The van der Waals surface area contributed by atoms with E-state index in [0.29, 0.717) is 53.2 Å². The van der Waals surface area contributed by atoms with E-state index in [9.17, 15) is 18.0 Å². The SMILES string of the molecule is C#CC#CC.C#CC#CC#CC#CC#CC#CC#CC#CC#CC#CC#CC#CC#CC#CC#CC#CC#CC#CC#CC#CC#CC.C[C@H](OS(C)(=O)=O)c1nc2c(cnn2C2CCOCC2)c(=O)[nH]1.C[C@H](c1nc2c(cnn2C2CCOCC2)c(=O)[nH]1)N1CC(c2ccccc2)C1.c1ccc(C2CCC2)cc1.c1ccc(C2CN(C(c3ccccc3)c3ccccc3)C2)cc1. The van der Waals surface area contributed by atoms with Crippen LogP contribution >= 0.6 is 0 Å². The molecule has 1 aliphatic carbocycles. The van der Waals surface area contributed by atoms with Crippen molar-refractivity contribution in [3.8, 4) is 273 Å². The second kappa shape index (κ2) is 57.1. The number of aromatic amines is 2. The topological polar surface area (TPSA) is 195 Å². The molecule has 5 aliphatic rings. The van der Waals surface area contributed by atoms with E-state index >= 15 is 0 Å². The summed E-state index contributed by atoms with van der Waals surface area (Å²) in [6.07, 6.45) is 20.5. The molecule has 2 N–H and O–H groups in total. The van der Waals surface area contributed by atoms with Gasteiger partial charge < -0.3 is 19.4 Å². The fourth-order valence-electron chi connectivity index (χ4n) is 13.3. The maximum absolute atomic E-state index is 12.6. The average Bonchev–Trinajstić information content (AvgIpc) is 1.45. The second-order valence-electron chi connectivity index (χ2n) is 28.5. The van der Waals surface area contributed by atoms with Crippen molar-refractivity contribution >= 4 is 32.2 Å². The standard InChI is InChI=1S/C43H4.C22H21N.C21H25N5O2.C13H18N4O5S.C10H12.C5H4/c1-3-5-7-9-11-13-15-17-19-21-23-25-27-29-31-33-35-37-39-41-43-42-40-38-36-34-32-30-28-26-24-22-20-18-16-14-12-10-8-6-4-2;1-4-10-18(11-5-1)21-16-23(17-21)22(19-12-6-2-7-13-19)20-14-8-3-9-15-20;1-14(25-12-16(13-25)15-5-3-2-4-6-15)19-23-20-18(21(27)24-19)11-22-26(20)17-7-9-28-10-8-17;1-8(22-23(2,19)20)11-15-12-10(13(18)16-11)7-14-17(12)9-3-5-21-6-4-9;1-2-5-9(6-3-1)10-7-4-8-10;1-3-5-4-2/h1H,2H3;1-15,21-22H,16-17H2;2-6,11,14,16-17H,7-10,12-13H2,1H3,(H,23,24,27);7-9H,3-6H2,1-2H3,(H,15,16,18);1-3,5-6,10H,4,7-8H2;1H,2H3/t;;14-;8-;;/m..10../s1. The maximum Gasteiger partial charge on any atom is 0.265 e. The fourth-order valence-corrected chi connectivity index (χ4v) is 13.9. The fraction of sp³-hybridized carbons (Fsp3) is 0.246. The number of aromatic nitrogens is 8. The quantitative estimate of drug-likeness (QED) is 0.0818. The van der Waals surface area contributed by atoms with E-state index in [2.05, 4.69) is 448 Å². The molecule has 132 heavy (non-hydrogen) atoms. The number of likely N-dealkylation sites (tertiary alicyclic amines) is 2. The van der Waals surface area contributed by atoms with E-state index in [-0.39, 0.29) is 35.1 Å². The van der Waals surface area contributed by atoms with Crippen LogP contribution in [0.2, 0.25) is 0 Å². The second-order valence-corrected chi connectivity index (χ2v) is 30.1. The summed E-state index contributed by atoms with van der Waals surface area (Å²) in [4.78, 5) is 44.5. The molecule has 18 heteroatoms. The van der Waals surface area contributed by atoms with Gasteiger partial charge in [-0.1, -0.05) is 170 Å². The van der Waals surface area contributed by atoms with Gasteiger partial charge in [-0.3, -0.25) is 23.6 Å². The van der Waals surface area contributed by atoms with E-state index in [0.717, 1.165) is 83.1 Å². The third-order valence-electron chi connectivity index (χ3n) is 19.8. The van der Waals surface area contributed by atoms with Crippen LogP contribution in [-0.2, 0) is 23.8 Å². The summed E-state index contributed by atoms with van der Waals surface area (Å²) in [6.45, 7) is 14.0. The summed E-state index contributed by atoms with van der Waals surface area (Å²) in [5, 5.41) is 9.68. The summed E-state index contributed by atoms with van der Waals surface area (Å²) in [5.41, 5.74) is 7.78. The molecule has 4 aliphatic heterocycles. The highest BCUT2D eigenvalue weighted by Crippen LogP contribution is 2.39. The Morgan fingerprint density at radius 3 is 0.962 bits per heavy atom. The van der Waals surface area contributed by atoms with Gasteiger partial charge in [-0.05, 0) is 207 Å². The third kappa shape index (κ3) is 34.4. The highest BCUT2D eigenvalue weighted by Gasteiger charge is 2.36. The van der Waals surface area contributed by atoms with Crippen LogP contribution in [0.15, 0.2) is 174 Å². The van der Waals surface area contributed by atoms with E-state index < -0.39 is 16.2 Å². The Kier molecular flexibility index (Phi) is 42.5. The number of ether oxygens (including phenoxy) is 2. The molecule has 1 saturated carbocycles. The molecule has 2 atom stereocenters. The number of fused-ring (bicyclic) bond motifs is 2. The van der Waals surface area contributed by atoms with Crippen molar-refractivity contribution in [2.45, 2.75) is 121 Å². The normalized spacial score (nSPS) is 13.0. The van der Waals surface area contributed by atoms with Gasteiger partial charge in [-0.2, -0.15) is 18.6 Å². The molecular formula is C114H84N10O7S. The minimum absolute atomic E-state index is 0.0649. The highest BCUT2D eigenvalue weighted by molar-refractivity contribution is 7.86. The lowest BCUT2D eigenvalue weighted by Crippen LogP contribution is -2.47. The summed E-state index contributed by atoms with van der Waals surface area (Å²) < 4.78 is 41.8. The summed E-state index contributed by atoms with van der Waals surface area (Å²) in [6, 6.07) is 54.8. The molecule has 0 unspecified atom stereocenters. The number of benzene rings is 5. The molecule has 8 heterocycles. The molecule has 17 nitrogen and oxygen atoms in total. The largest absolute Gasteiger partial charge is 0.381 e. The molecule has 0 bridgehead atoms. The zero-order valence-electron chi connectivity index (χ0n) is 73.3. The lowest BCUT2D eigenvalue weighted by Gasteiger charge is -2.45. The minimum Gasteiger partial charge on any atom is -0.381 e. The molecule has 4 saturated heterocycles. The number of H-pyrrole nitrogens is 2. The lowest BCUT2D eigenvalue weighted by atomic mass is 9.80. The average molecular weight is 1740 g/mol. The van der Waals surface area contributed by atoms with Gasteiger partial charge in [0.1, 0.15) is 28.5 Å². The van der Waals surface area contributed by atoms with Crippen LogP contribution in [0.5, 0.6) is 0 Å². The first kappa shape index (κ1) is 98.2. The summed E-state index contributed by atoms with van der Waals surface area (Å²) in [5.74, 6) is 112. The Hall–Kier alpha value is -17.6. The van der Waals surface area contributed by atoms with Crippen molar-refractivity contribution in [3.63, 3.8) is 0 Å². The van der Waals surface area contributed by atoms with Crippen molar-refractivity contribution < 1.29 is 22.1 Å². The Bertz CT molecular complexity index is 7390. The predicted octanol–water partition coefficient (Wildman–Crippen LogP) is 12.3. The van der Waals surface area contributed by atoms with Crippen LogP contribution in [0, 0.1) is 273 Å². The number of nitrogens with one attached hydrogen (secondary N) is 2. The van der Waals surface area contributed by atoms with Gasteiger partial charge in [-0.15, -0.1) is 12.8 Å². The van der Waals surface area contributed by atoms with Crippen LogP contribution in [0.25, 0.3) is 22.1 Å². The third-order valence-corrected chi connectivity index (χ3v) is 20.4. The van der Waals surface area contributed by atoms with Gasteiger partial charge in [0.05, 0.1) is 42.8 Å². The van der Waals surface area contributed by atoms with Crippen LogP contribution in [0.1, 0.15) is 160 Å². The maximum atomic E-state index is 12.6. The Morgan fingerprint density at radius 1 is 0.379 bits per heavy atom. The molecule has 0 amide bonds. The van der Waals surface area contributed by atoms with E-state index in [1.165, 1.54) is 60.2 Å². The van der Waals surface area contributed by atoms with E-state index in [4.69, 9.17) is 31.5 Å². The first-order chi connectivity index (χ1) is 64.8. The van der Waals surface area contributed by atoms with Crippen LogP contribution < -0.4 is 11.1 Å². The first-order valence-corrected chi connectivity index (χ1v) is 43.5. The van der Waals surface area contributed by atoms with Gasteiger partial charge >= 0.3 is 0 Å². The molecule has 9 aromatic rings. The van der Waals surface area contributed by atoms with Crippen LogP contribution in [0.3, 0.4) is 0 Å². The van der Waals surface area contributed by atoms with Gasteiger partial charge in [0.15, 0.2) is 11.3 Å². The Labute approximate surface area is 775 Å². The van der Waals surface area contributed by atoms with Crippen molar-refractivity contribution in [2.24, 2.45) is 0 Å². The van der Waals surface area contributed by atoms with Gasteiger partial charge in [0.2, 0.25) is 0 Å². The molecular weight excluding hydrogens is 1650 g/mol. The number of nitrogens with zero attached hydrogens (tertiary/aromatic N) is 8. The van der Waals surface area contributed by atoms with E-state index in [1.807, 2.05) is 10.7 Å². The Balaban J connectivity index is 0.000000192. The number of hydrogen-bond acceptors (Lipinski definition) is 13. The lowest BCUT2D eigenvalue weighted by molar-refractivity contribution is 0.0671. The van der Waals surface area contributed by atoms with Gasteiger partial charge in [-0.25, -0.2) is 19.3 Å². The smallest absolute Gasteiger partial charge is 0.265 e. The van der Waals surface area contributed by atoms with E-state index in [1.54, 1.807) is 24.7 Å². The summed E-state index contributed by atoms with van der Waals surface area (Å²) in [7, 11) is -3.66. The minimum atomic E-state index is -3.66. The van der Waals surface area contributed by atoms with Crippen LogP contribution in [0.4, 0.5) is 0 Å². The molecule has 4 aromatic heterocycles. The molecule has 0 spiro atoms. The zero-order chi connectivity index (χ0) is 93.1. The van der Waals surface area contributed by atoms with Gasteiger partial charge in [0.25, 0.3) is 21.2 Å². The summed E-state index contributed by atoms with van der Waals surface area (Å²) >= 11 is 0. The predicted molar refractivity (Wildman–Crippen MR) is 519 cm³/mol. The van der Waals surface area contributed by atoms with Crippen LogP contribution in [-0.4, -0.2) is 117 Å². The van der Waals surface area contributed by atoms with Crippen molar-refractivity contribution in [1.82, 2.24) is 49.3 Å². The molecule has 5 fully saturated rings. The van der Waals surface area contributed by atoms with Crippen molar-refractivity contribution in [2.75, 3.05) is 58.9 Å². The van der Waals surface area contributed by atoms with Crippen molar-refractivity contribution in [3.05, 3.63) is 224 Å². The Morgan fingerprint density at radius 2 is 0.667 bits per heavy atom. The highest BCUT2D eigenvalue weighted by atomic mass is 32.2. The number of rotatable bonds is 13. The number of hydrogen-bond donors (Lipinski definition) is 2. The van der Waals surface area contributed by atoms with Crippen molar-refractivity contribution in [1.29, 1.82) is 0 Å². The number of terminal acetylenes is 2. The van der Waals surface area contributed by atoms with Gasteiger partial charge in [0, 0.05) is 207 Å². The molecule has 5 aromatic carbocycles. The molecule has 638 valence electrons. The first-order valence-electron chi connectivity index (χ1n) is 41.7.